The number of rotatable bonds is 8. The maximum Gasteiger partial charge on any atom is 0.303 e. The molecule has 0 saturated carbocycles. The minimum Gasteiger partial charge on any atom is -0.394 e. The molecule has 0 saturated heterocycles. The van der Waals surface area contributed by atoms with Gasteiger partial charge < -0.3 is 26.2 Å². The summed E-state index contributed by atoms with van der Waals surface area (Å²) in [7, 11) is 0. The van der Waals surface area contributed by atoms with E-state index in [1.165, 1.54) is 0 Å². The number of nitrogens with two attached hydrogens (primary N) is 1. The van der Waals surface area contributed by atoms with Crippen LogP contribution < -0.4 is 5.73 Å². The summed E-state index contributed by atoms with van der Waals surface area (Å²) < 4.78 is 24.3. The third kappa shape index (κ3) is 3.66. The summed E-state index contributed by atoms with van der Waals surface area (Å²) in [5.74, 6) is -4.49. The first kappa shape index (κ1) is 18.3. The summed E-state index contributed by atoms with van der Waals surface area (Å²) in [5.41, 5.74) is 10.1. The van der Waals surface area contributed by atoms with Crippen LogP contribution in [0, 0.1) is 0 Å². The number of aliphatic hydroxyl groups is 4. The molecule has 0 aromatic rings. The highest BCUT2D eigenvalue weighted by atomic mass is 19.3. The zero-order valence-electron chi connectivity index (χ0n) is 9.80. The predicted octanol–water partition coefficient (Wildman–Crippen LogP) is -2.57. The highest BCUT2D eigenvalue weighted by Crippen LogP contribution is 2.19. The lowest BCUT2D eigenvalue weighted by Crippen LogP contribution is -2.64. The number of nitrogens with zero attached hydrogens (tertiary/aromatic N) is 3. The van der Waals surface area contributed by atoms with Gasteiger partial charge in [0.1, 0.15) is 18.3 Å². The van der Waals surface area contributed by atoms with Gasteiger partial charge >= 0.3 is 6.43 Å². The van der Waals surface area contributed by atoms with Crippen LogP contribution in [0.5, 0.6) is 0 Å². The molecular formula is C8H12F2N4O6. The molecule has 12 heteroatoms. The van der Waals surface area contributed by atoms with Crippen LogP contribution in [0.25, 0.3) is 10.4 Å². The number of hydrogen-bond donors (Lipinski definition) is 5. The van der Waals surface area contributed by atoms with E-state index >= 15 is 0 Å². The fourth-order valence-electron chi connectivity index (χ4n) is 1.19. The van der Waals surface area contributed by atoms with Crippen molar-refractivity contribution in [2.75, 3.05) is 6.61 Å². The number of carbonyl (C=O) groups is 2. The molecule has 0 bridgehead atoms. The first-order valence-corrected chi connectivity index (χ1v) is 5.00. The highest BCUT2D eigenvalue weighted by molar-refractivity contribution is 6.41. The quantitative estimate of drug-likeness (QED) is 0.141. The van der Waals surface area contributed by atoms with Gasteiger partial charge in [-0.25, -0.2) is 8.78 Å². The lowest BCUT2D eigenvalue weighted by Gasteiger charge is -2.32. The van der Waals surface area contributed by atoms with Crippen molar-refractivity contribution >= 4 is 11.6 Å². The number of aliphatic hydroxyl groups excluding tert-OH is 4. The Labute approximate surface area is 110 Å². The van der Waals surface area contributed by atoms with Gasteiger partial charge in [0.15, 0.2) is 5.66 Å². The van der Waals surface area contributed by atoms with Gasteiger partial charge in [-0.15, -0.1) is 0 Å². The number of Topliss-reactive ketones (excluding diaryl/α,β-unsaturated/α-hetero) is 2. The van der Waals surface area contributed by atoms with Crippen LogP contribution in [-0.2, 0) is 9.59 Å². The number of carbonyl (C=O) groups excluding carboxylic acids is 2. The zero-order chi connectivity index (χ0) is 16.1. The molecule has 10 nitrogen and oxygen atoms in total. The second-order valence-corrected chi connectivity index (χ2v) is 3.69. The molecule has 0 aliphatic carbocycles. The van der Waals surface area contributed by atoms with Crippen LogP contribution in [0.1, 0.15) is 0 Å². The molecule has 0 aromatic carbocycles. The van der Waals surface area contributed by atoms with Gasteiger partial charge in [0.2, 0.25) is 5.78 Å². The van der Waals surface area contributed by atoms with E-state index in [0.29, 0.717) is 0 Å². The highest BCUT2D eigenvalue weighted by Gasteiger charge is 2.50. The Hall–Kier alpha value is -1.69. The summed E-state index contributed by atoms with van der Waals surface area (Å²) in [4.78, 5) is 24.3. The summed E-state index contributed by atoms with van der Waals surface area (Å²) >= 11 is 0. The number of ketones is 2. The second kappa shape index (κ2) is 7.19. The molecule has 20 heavy (non-hydrogen) atoms. The van der Waals surface area contributed by atoms with Crippen molar-refractivity contribution in [1.82, 2.24) is 0 Å². The molecule has 0 aliphatic heterocycles. The molecule has 0 fully saturated rings. The van der Waals surface area contributed by atoms with E-state index in [2.05, 4.69) is 5.11 Å². The maximum atomic E-state index is 12.1. The van der Waals surface area contributed by atoms with Crippen LogP contribution >= 0.6 is 0 Å². The smallest absolute Gasteiger partial charge is 0.303 e. The van der Waals surface area contributed by atoms with E-state index in [0.717, 1.165) is 0 Å². The molecule has 0 unspecified atom stereocenters. The minimum atomic E-state index is -3.77. The molecule has 0 rings (SSSR count). The monoisotopic (exact) mass is 298 g/mol. The molecule has 6 N–H and O–H groups in total. The third-order valence-electron chi connectivity index (χ3n) is 2.35. The molecule has 0 aromatic heterocycles. The average Bonchev–Trinajstić information content (AvgIpc) is 2.42. The van der Waals surface area contributed by atoms with Crippen molar-refractivity contribution in [1.29, 1.82) is 0 Å². The van der Waals surface area contributed by atoms with Gasteiger partial charge in [-0.05, 0) is 5.53 Å². The molecular weight excluding hydrogens is 286 g/mol. The Kier molecular flexibility index (Phi) is 6.58. The lowest BCUT2D eigenvalue weighted by molar-refractivity contribution is -0.153. The van der Waals surface area contributed by atoms with Gasteiger partial charge in [-0.1, -0.05) is 5.11 Å². The number of hydrogen-bond acceptors (Lipinski definition) is 8. The second-order valence-electron chi connectivity index (χ2n) is 3.69. The Morgan fingerprint density at radius 2 is 1.85 bits per heavy atom. The van der Waals surface area contributed by atoms with Crippen LogP contribution in [0.4, 0.5) is 8.78 Å². The van der Waals surface area contributed by atoms with Crippen molar-refractivity contribution in [3.05, 3.63) is 10.4 Å². The number of alkyl halides is 2. The van der Waals surface area contributed by atoms with Crippen LogP contribution in [-0.4, -0.2) is 69.0 Å². The maximum absolute atomic E-state index is 12.1. The van der Waals surface area contributed by atoms with E-state index in [4.69, 9.17) is 21.5 Å². The fraction of sp³-hybridized carbons (Fsp3) is 0.750. The van der Waals surface area contributed by atoms with Crippen molar-refractivity contribution < 1.29 is 38.8 Å². The molecule has 114 valence electrons. The molecule has 0 heterocycles. The van der Waals surface area contributed by atoms with E-state index in [-0.39, 0.29) is 0 Å². The number of azide groups is 1. The van der Waals surface area contributed by atoms with E-state index in [1.807, 2.05) is 4.91 Å². The topological polar surface area (TPSA) is 190 Å². The predicted molar refractivity (Wildman–Crippen MR) is 57.2 cm³/mol. The molecule has 0 radical (unpaired) electrons. The van der Waals surface area contributed by atoms with E-state index in [9.17, 15) is 28.6 Å². The Morgan fingerprint density at radius 1 is 1.35 bits per heavy atom. The Balaban J connectivity index is 5.56. The molecule has 4 atom stereocenters. The normalized spacial score (nSPS) is 18.6. The van der Waals surface area contributed by atoms with Gasteiger partial charge in [-0.2, -0.15) is 0 Å². The SMILES string of the molecule is [N-]=[N+]=N[C@](N)(C(=O)C(=O)C(F)F)[C@@H](O)[C@@H](O)[C@H](O)CO. The average molecular weight is 298 g/mol. The van der Waals surface area contributed by atoms with E-state index in [1.54, 1.807) is 0 Å². The van der Waals surface area contributed by atoms with Crippen molar-refractivity contribution in [3.63, 3.8) is 0 Å². The largest absolute Gasteiger partial charge is 0.394 e. The summed E-state index contributed by atoms with van der Waals surface area (Å²) in [6.45, 7) is -1.08. The van der Waals surface area contributed by atoms with Gasteiger partial charge in [0.25, 0.3) is 5.78 Å². The molecule has 0 aliphatic rings. The Bertz CT molecular complexity index is 429. The fourth-order valence-corrected chi connectivity index (χ4v) is 1.19. The zero-order valence-corrected chi connectivity index (χ0v) is 9.80. The van der Waals surface area contributed by atoms with Crippen LogP contribution in [0.3, 0.4) is 0 Å². The van der Waals surface area contributed by atoms with Crippen molar-refractivity contribution in [2.24, 2.45) is 10.8 Å². The summed E-state index contributed by atoms with van der Waals surface area (Å²) in [6.07, 6.45) is -10.7. The first-order valence-electron chi connectivity index (χ1n) is 5.00. The van der Waals surface area contributed by atoms with Gasteiger partial charge in [0, 0.05) is 4.91 Å². The van der Waals surface area contributed by atoms with Crippen LogP contribution in [0.15, 0.2) is 5.11 Å². The molecule has 0 amide bonds. The van der Waals surface area contributed by atoms with E-state index < -0.39 is 48.6 Å². The molecule has 0 spiro atoms. The van der Waals surface area contributed by atoms with Crippen molar-refractivity contribution in [3.8, 4) is 0 Å². The summed E-state index contributed by atoms with van der Waals surface area (Å²) in [6, 6.07) is 0. The van der Waals surface area contributed by atoms with Crippen molar-refractivity contribution in [2.45, 2.75) is 30.4 Å². The standard InChI is InChI=1S/C8H12F2N4O6/c9-7(10)4(18)6(20)8(11,13-14-12)5(19)3(17)2(16)1-15/h2-3,5,7,15-17,19H,1,11H2/t2-,3+,5+,8+/m1/s1. The van der Waals surface area contributed by atoms with Gasteiger partial charge in [0.05, 0.1) is 6.61 Å². The minimum absolute atomic E-state index is 1.08. The first-order chi connectivity index (χ1) is 9.13. The summed E-state index contributed by atoms with van der Waals surface area (Å²) in [5, 5.41) is 39.0. The van der Waals surface area contributed by atoms with Crippen LogP contribution in [0.2, 0.25) is 0 Å². The van der Waals surface area contributed by atoms with Gasteiger partial charge in [-0.3, -0.25) is 9.59 Å². The lowest BCUT2D eigenvalue weighted by atomic mass is 9.90. The number of halogens is 2. The third-order valence-corrected chi connectivity index (χ3v) is 2.35. The Morgan fingerprint density at radius 3 is 2.20 bits per heavy atom.